The van der Waals surface area contributed by atoms with E-state index in [1.807, 2.05) is 13.1 Å². The lowest BCUT2D eigenvalue weighted by Gasteiger charge is -2.30. The van der Waals surface area contributed by atoms with Crippen LogP contribution in [0, 0.1) is 6.92 Å². The maximum absolute atomic E-state index is 5.85. The fourth-order valence-electron chi connectivity index (χ4n) is 2.11. The number of nitrogens with two attached hydrogens (primary N) is 1. The van der Waals surface area contributed by atoms with Crippen molar-refractivity contribution in [3.8, 4) is 0 Å². The van der Waals surface area contributed by atoms with Gasteiger partial charge >= 0.3 is 0 Å². The first-order chi connectivity index (χ1) is 9.11. The number of hydrogen-bond donors (Lipinski definition) is 1. The van der Waals surface area contributed by atoms with Gasteiger partial charge in [0.2, 0.25) is 0 Å². The highest BCUT2D eigenvalue weighted by Crippen LogP contribution is 2.26. The average Bonchev–Trinajstić information content (AvgIpc) is 2.88. The molecule has 2 aromatic rings. The van der Waals surface area contributed by atoms with Gasteiger partial charge in [-0.3, -0.25) is 4.98 Å². The second kappa shape index (κ2) is 6.17. The quantitative estimate of drug-likeness (QED) is 0.910. The summed E-state index contributed by atoms with van der Waals surface area (Å²) in [5.41, 5.74) is 9.19. The maximum Gasteiger partial charge on any atom is 0.0525 e. The van der Waals surface area contributed by atoms with Crippen LogP contribution in [-0.4, -0.2) is 11.0 Å². The number of rotatable bonds is 5. The van der Waals surface area contributed by atoms with E-state index in [-0.39, 0.29) is 0 Å². The number of pyridine rings is 1. The third-order valence-corrected chi connectivity index (χ3v) is 4.02. The smallest absolute Gasteiger partial charge is 0.0525 e. The number of hydrogen-bond acceptors (Lipinski definition) is 4. The zero-order chi connectivity index (χ0) is 13.8. The molecule has 4 heteroatoms. The monoisotopic (exact) mass is 275 g/mol. The van der Waals surface area contributed by atoms with Crippen LogP contribution in [0.5, 0.6) is 0 Å². The Kier molecular flexibility index (Phi) is 4.56. The molecule has 0 aliphatic rings. The molecule has 0 saturated carbocycles. The molecule has 0 amide bonds. The van der Waals surface area contributed by atoms with Crippen LogP contribution in [0.2, 0.25) is 0 Å². The van der Waals surface area contributed by atoms with Crippen LogP contribution in [0.25, 0.3) is 0 Å². The van der Waals surface area contributed by atoms with Crippen LogP contribution in [0.15, 0.2) is 29.8 Å². The number of nitrogens with zero attached hydrogens (tertiary/aromatic N) is 2. The molecule has 2 N–H and O–H groups in total. The summed E-state index contributed by atoms with van der Waals surface area (Å²) in [6.07, 6.45) is 1.90. The summed E-state index contributed by atoms with van der Waals surface area (Å²) >= 11 is 1.79. The first kappa shape index (κ1) is 14.0. The van der Waals surface area contributed by atoms with Crippen molar-refractivity contribution in [2.75, 3.05) is 4.90 Å². The van der Waals surface area contributed by atoms with Gasteiger partial charge < -0.3 is 10.6 Å². The molecule has 19 heavy (non-hydrogen) atoms. The lowest BCUT2D eigenvalue weighted by atomic mass is 10.1. The fourth-order valence-corrected chi connectivity index (χ4v) is 2.82. The van der Waals surface area contributed by atoms with Gasteiger partial charge in [-0.1, -0.05) is 6.07 Å². The van der Waals surface area contributed by atoms with Gasteiger partial charge in [0.05, 0.1) is 6.54 Å². The molecule has 0 bridgehead atoms. The lowest BCUT2D eigenvalue weighted by Crippen LogP contribution is -2.31. The molecule has 0 aromatic carbocycles. The third-order valence-electron chi connectivity index (χ3n) is 3.16. The van der Waals surface area contributed by atoms with Gasteiger partial charge in [0, 0.05) is 40.6 Å². The molecule has 2 rings (SSSR count). The molecule has 0 aliphatic heterocycles. The van der Waals surface area contributed by atoms with E-state index in [2.05, 4.69) is 47.3 Å². The first-order valence-corrected chi connectivity index (χ1v) is 7.44. The van der Waals surface area contributed by atoms with Gasteiger partial charge in [-0.25, -0.2) is 0 Å². The van der Waals surface area contributed by atoms with Gasteiger partial charge in [-0.2, -0.15) is 0 Å². The Balaban J connectivity index is 2.35. The van der Waals surface area contributed by atoms with Crippen LogP contribution < -0.4 is 10.6 Å². The Morgan fingerprint density at radius 3 is 2.79 bits per heavy atom. The van der Waals surface area contributed by atoms with Crippen molar-refractivity contribution in [1.82, 2.24) is 4.98 Å². The van der Waals surface area contributed by atoms with Crippen LogP contribution in [0.1, 0.15) is 30.0 Å². The summed E-state index contributed by atoms with van der Waals surface area (Å²) in [6, 6.07) is 6.83. The number of anilines is 1. The molecule has 3 nitrogen and oxygen atoms in total. The van der Waals surface area contributed by atoms with Gasteiger partial charge in [-0.05, 0) is 38.3 Å². The normalized spacial score (nSPS) is 11.0. The van der Waals surface area contributed by atoms with E-state index in [1.165, 1.54) is 10.6 Å². The summed E-state index contributed by atoms with van der Waals surface area (Å²) < 4.78 is 0. The van der Waals surface area contributed by atoms with Gasteiger partial charge in [0.1, 0.15) is 0 Å². The number of thiophene rings is 1. The van der Waals surface area contributed by atoms with E-state index in [0.717, 1.165) is 17.8 Å². The van der Waals surface area contributed by atoms with Crippen LogP contribution >= 0.6 is 11.3 Å². The van der Waals surface area contributed by atoms with Crippen molar-refractivity contribution in [2.24, 2.45) is 5.73 Å². The van der Waals surface area contributed by atoms with Gasteiger partial charge in [0.15, 0.2) is 0 Å². The average molecular weight is 275 g/mol. The van der Waals surface area contributed by atoms with E-state index in [0.29, 0.717) is 12.6 Å². The fraction of sp³-hybridized carbons (Fsp3) is 0.400. The van der Waals surface area contributed by atoms with Gasteiger partial charge in [0.25, 0.3) is 0 Å². The molecule has 2 aromatic heterocycles. The molecular weight excluding hydrogens is 254 g/mol. The molecule has 0 unspecified atom stereocenters. The van der Waals surface area contributed by atoms with Crippen molar-refractivity contribution >= 4 is 17.0 Å². The zero-order valence-corrected chi connectivity index (χ0v) is 12.6. The van der Waals surface area contributed by atoms with Crippen LogP contribution in [0.4, 0.5) is 5.69 Å². The molecule has 0 atom stereocenters. The third kappa shape index (κ3) is 3.33. The Hall–Kier alpha value is -1.39. The van der Waals surface area contributed by atoms with Crippen molar-refractivity contribution in [3.63, 3.8) is 0 Å². The van der Waals surface area contributed by atoms with E-state index in [4.69, 9.17) is 5.73 Å². The molecule has 0 aliphatic carbocycles. The number of aryl methyl sites for hydroxylation is 1. The molecule has 0 radical (unpaired) electrons. The predicted octanol–water partition coefficient (Wildman–Crippen LogP) is 3.33. The van der Waals surface area contributed by atoms with Crippen molar-refractivity contribution in [3.05, 3.63) is 45.9 Å². The van der Waals surface area contributed by atoms with E-state index < -0.39 is 0 Å². The Morgan fingerprint density at radius 1 is 1.42 bits per heavy atom. The highest BCUT2D eigenvalue weighted by Gasteiger charge is 2.15. The van der Waals surface area contributed by atoms with E-state index in [1.54, 1.807) is 11.3 Å². The second-order valence-corrected chi connectivity index (χ2v) is 5.99. The Morgan fingerprint density at radius 2 is 2.21 bits per heavy atom. The van der Waals surface area contributed by atoms with Crippen LogP contribution in [-0.2, 0) is 13.1 Å². The maximum atomic E-state index is 5.85. The highest BCUT2D eigenvalue weighted by atomic mass is 32.1. The number of aromatic nitrogens is 1. The Bertz CT molecular complexity index is 520. The van der Waals surface area contributed by atoms with Gasteiger partial charge in [-0.15, -0.1) is 11.3 Å². The summed E-state index contributed by atoms with van der Waals surface area (Å²) in [5, 5.41) is 2.12. The minimum Gasteiger partial charge on any atom is -0.364 e. The summed E-state index contributed by atoms with van der Waals surface area (Å²) in [6.45, 7) is 7.89. The summed E-state index contributed by atoms with van der Waals surface area (Å²) in [4.78, 5) is 8.10. The highest BCUT2D eigenvalue weighted by molar-refractivity contribution is 7.09. The second-order valence-electron chi connectivity index (χ2n) is 4.96. The Labute approximate surface area is 119 Å². The predicted molar refractivity (Wildman–Crippen MR) is 82.5 cm³/mol. The molecule has 102 valence electrons. The zero-order valence-electron chi connectivity index (χ0n) is 11.8. The SMILES string of the molecule is Cc1cc(N(Cc2cccs2)C(C)C)c(CN)cn1. The van der Waals surface area contributed by atoms with Crippen molar-refractivity contribution in [1.29, 1.82) is 0 Å². The molecule has 0 spiro atoms. The summed E-state index contributed by atoms with van der Waals surface area (Å²) in [5.74, 6) is 0. The minimum absolute atomic E-state index is 0.425. The largest absolute Gasteiger partial charge is 0.364 e. The van der Waals surface area contributed by atoms with Crippen molar-refractivity contribution in [2.45, 2.75) is 39.9 Å². The van der Waals surface area contributed by atoms with E-state index in [9.17, 15) is 0 Å². The standard InChI is InChI=1S/C15H21N3S/c1-11(2)18(10-14-5-4-6-19-14)15-7-12(3)17-9-13(15)8-16/h4-7,9,11H,8,10,16H2,1-3H3. The molecular formula is C15H21N3S. The lowest BCUT2D eigenvalue weighted by molar-refractivity contribution is 0.681. The van der Waals surface area contributed by atoms with Crippen molar-refractivity contribution < 1.29 is 0 Å². The molecule has 0 fully saturated rings. The molecule has 2 heterocycles. The molecule has 0 saturated heterocycles. The van der Waals surface area contributed by atoms with Crippen LogP contribution in [0.3, 0.4) is 0 Å². The first-order valence-electron chi connectivity index (χ1n) is 6.56. The van der Waals surface area contributed by atoms with E-state index >= 15 is 0 Å². The minimum atomic E-state index is 0.425. The topological polar surface area (TPSA) is 42.1 Å². The summed E-state index contributed by atoms with van der Waals surface area (Å²) in [7, 11) is 0.